The summed E-state index contributed by atoms with van der Waals surface area (Å²) in [4.78, 5) is 4.29. The highest BCUT2D eigenvalue weighted by atomic mass is 35.5. The van der Waals surface area contributed by atoms with E-state index in [0.717, 1.165) is 28.6 Å². The molecule has 0 fully saturated rings. The van der Waals surface area contributed by atoms with Crippen molar-refractivity contribution in [3.8, 4) is 11.5 Å². The first-order valence-corrected chi connectivity index (χ1v) is 7.78. The summed E-state index contributed by atoms with van der Waals surface area (Å²) < 4.78 is 13.3. The maximum atomic E-state index is 6.28. The molecular formula is C14H15ClN2O2S. The zero-order valence-corrected chi connectivity index (χ0v) is 12.7. The minimum absolute atomic E-state index is 0.611. The van der Waals surface area contributed by atoms with Crippen LogP contribution in [0.3, 0.4) is 0 Å². The van der Waals surface area contributed by atoms with Crippen LogP contribution in [-0.2, 0) is 12.8 Å². The van der Waals surface area contributed by atoms with Crippen LogP contribution in [0.2, 0.25) is 5.02 Å². The van der Waals surface area contributed by atoms with Crippen molar-refractivity contribution in [2.45, 2.75) is 17.3 Å². The Balaban J connectivity index is 1.79. The normalized spacial score (nSPS) is 14.1. The van der Waals surface area contributed by atoms with Gasteiger partial charge in [0.25, 0.3) is 0 Å². The lowest BCUT2D eigenvalue weighted by molar-refractivity contribution is 0.297. The predicted octanol–water partition coefficient (Wildman–Crippen LogP) is 3.53. The highest BCUT2D eigenvalue weighted by Gasteiger charge is 2.15. The fraction of sp³-hybridized carbons (Fsp3) is 0.357. The van der Waals surface area contributed by atoms with E-state index in [9.17, 15) is 0 Å². The number of nitrogens with zero attached hydrogens (tertiary/aromatic N) is 2. The van der Waals surface area contributed by atoms with Gasteiger partial charge in [-0.3, -0.25) is 0 Å². The summed E-state index contributed by atoms with van der Waals surface area (Å²) in [7, 11) is 1.98. The summed E-state index contributed by atoms with van der Waals surface area (Å²) in [5.74, 6) is 2.20. The van der Waals surface area contributed by atoms with Gasteiger partial charge in [0.05, 0.1) is 18.2 Å². The summed E-state index contributed by atoms with van der Waals surface area (Å²) in [5, 5.41) is 1.59. The van der Waals surface area contributed by atoms with Gasteiger partial charge in [-0.2, -0.15) is 0 Å². The lowest BCUT2D eigenvalue weighted by Crippen LogP contribution is -1.97. The van der Waals surface area contributed by atoms with Crippen molar-refractivity contribution < 1.29 is 9.47 Å². The molecule has 106 valence electrons. The molecule has 3 rings (SSSR count). The van der Waals surface area contributed by atoms with Crippen molar-refractivity contribution >= 4 is 23.4 Å². The molecule has 1 aliphatic rings. The van der Waals surface area contributed by atoms with Gasteiger partial charge in [0.1, 0.15) is 0 Å². The molecule has 0 saturated heterocycles. The molecule has 0 bridgehead atoms. The van der Waals surface area contributed by atoms with Crippen molar-refractivity contribution in [3.63, 3.8) is 0 Å². The van der Waals surface area contributed by atoms with E-state index in [1.165, 1.54) is 0 Å². The minimum Gasteiger partial charge on any atom is -0.489 e. The predicted molar refractivity (Wildman–Crippen MR) is 79.8 cm³/mol. The van der Waals surface area contributed by atoms with Crippen LogP contribution in [0.4, 0.5) is 0 Å². The summed E-state index contributed by atoms with van der Waals surface area (Å²) in [5.41, 5.74) is 1.10. The zero-order chi connectivity index (χ0) is 13.9. The number of fused-ring (bicyclic) bond motifs is 1. The van der Waals surface area contributed by atoms with E-state index in [4.69, 9.17) is 21.1 Å². The van der Waals surface area contributed by atoms with Crippen LogP contribution in [0.15, 0.2) is 29.7 Å². The highest BCUT2D eigenvalue weighted by Crippen LogP contribution is 2.39. The van der Waals surface area contributed by atoms with E-state index in [2.05, 4.69) is 4.98 Å². The van der Waals surface area contributed by atoms with Crippen molar-refractivity contribution in [2.24, 2.45) is 7.05 Å². The third kappa shape index (κ3) is 2.88. The second-order valence-corrected chi connectivity index (χ2v) is 5.91. The van der Waals surface area contributed by atoms with Gasteiger partial charge in [0.15, 0.2) is 16.7 Å². The smallest absolute Gasteiger partial charge is 0.179 e. The first-order chi connectivity index (χ1) is 9.74. The van der Waals surface area contributed by atoms with Gasteiger partial charge in [0, 0.05) is 31.6 Å². The van der Waals surface area contributed by atoms with Gasteiger partial charge in [-0.15, -0.1) is 0 Å². The maximum absolute atomic E-state index is 6.28. The molecule has 0 N–H and O–H groups in total. The number of aryl methyl sites for hydroxylation is 1. The zero-order valence-electron chi connectivity index (χ0n) is 11.1. The van der Waals surface area contributed by atoms with Crippen LogP contribution in [0.5, 0.6) is 11.5 Å². The summed E-state index contributed by atoms with van der Waals surface area (Å²) >= 11 is 7.94. The number of benzene rings is 1. The summed E-state index contributed by atoms with van der Waals surface area (Å²) in [6.07, 6.45) is 4.61. The quantitative estimate of drug-likeness (QED) is 0.813. The fourth-order valence-electron chi connectivity index (χ4n) is 2.01. The Morgan fingerprint density at radius 1 is 1.35 bits per heavy atom. The van der Waals surface area contributed by atoms with E-state index in [1.807, 2.05) is 29.9 Å². The molecule has 0 spiro atoms. The van der Waals surface area contributed by atoms with Gasteiger partial charge in [-0.05, 0) is 17.7 Å². The molecule has 0 aliphatic carbocycles. The second kappa shape index (κ2) is 5.97. The first-order valence-electron chi connectivity index (χ1n) is 6.42. The average molecular weight is 311 g/mol. The lowest BCUT2D eigenvalue weighted by Gasteiger charge is -2.11. The molecule has 4 nitrogen and oxygen atoms in total. The largest absolute Gasteiger partial charge is 0.489 e. The van der Waals surface area contributed by atoms with Crippen molar-refractivity contribution in [2.75, 3.05) is 13.2 Å². The monoisotopic (exact) mass is 310 g/mol. The SMILES string of the molecule is Cn1ccnc1SCc1cc(Cl)c2c(c1)OCCCO2. The van der Waals surface area contributed by atoms with Crippen molar-refractivity contribution in [1.29, 1.82) is 0 Å². The van der Waals surface area contributed by atoms with Gasteiger partial charge >= 0.3 is 0 Å². The Labute approximate surface area is 127 Å². The number of aromatic nitrogens is 2. The minimum atomic E-state index is 0.611. The van der Waals surface area contributed by atoms with Crippen LogP contribution in [0, 0.1) is 0 Å². The molecule has 20 heavy (non-hydrogen) atoms. The Morgan fingerprint density at radius 2 is 2.20 bits per heavy atom. The number of imidazole rings is 1. The van der Waals surface area contributed by atoms with Crippen molar-refractivity contribution in [3.05, 3.63) is 35.1 Å². The van der Waals surface area contributed by atoms with Gasteiger partial charge < -0.3 is 14.0 Å². The summed E-state index contributed by atoms with van der Waals surface area (Å²) in [6.45, 7) is 1.31. The van der Waals surface area contributed by atoms with Crippen molar-refractivity contribution in [1.82, 2.24) is 9.55 Å². The highest BCUT2D eigenvalue weighted by molar-refractivity contribution is 7.98. The number of hydrogen-bond acceptors (Lipinski definition) is 4. The Kier molecular flexibility index (Phi) is 4.08. The van der Waals surface area contributed by atoms with Crippen LogP contribution in [0.1, 0.15) is 12.0 Å². The molecule has 0 radical (unpaired) electrons. The van der Waals surface area contributed by atoms with Gasteiger partial charge in [-0.25, -0.2) is 4.98 Å². The molecule has 1 aromatic carbocycles. The average Bonchev–Trinajstić information content (AvgIpc) is 2.70. The number of thioether (sulfide) groups is 1. The first kappa shape index (κ1) is 13.6. The molecular weight excluding hydrogens is 296 g/mol. The van der Waals surface area contributed by atoms with Crippen LogP contribution < -0.4 is 9.47 Å². The molecule has 1 aliphatic heterocycles. The Morgan fingerprint density at radius 3 is 3.00 bits per heavy atom. The second-order valence-electron chi connectivity index (χ2n) is 4.56. The third-order valence-electron chi connectivity index (χ3n) is 3.01. The number of ether oxygens (including phenoxy) is 2. The van der Waals surface area contributed by atoms with E-state index in [-0.39, 0.29) is 0 Å². The van der Waals surface area contributed by atoms with E-state index in [1.54, 1.807) is 18.0 Å². The van der Waals surface area contributed by atoms with E-state index < -0.39 is 0 Å². The van der Waals surface area contributed by atoms with Crippen LogP contribution >= 0.6 is 23.4 Å². The van der Waals surface area contributed by atoms with E-state index >= 15 is 0 Å². The molecule has 6 heteroatoms. The number of rotatable bonds is 3. The fourth-order valence-corrected chi connectivity index (χ4v) is 3.16. The standard InChI is InChI=1S/C14H15ClN2O2S/c1-17-4-3-16-14(17)20-9-10-7-11(15)13-12(8-10)18-5-2-6-19-13/h3-4,7-8H,2,5-6,9H2,1H3. The molecule has 0 unspecified atom stereocenters. The lowest BCUT2D eigenvalue weighted by atomic mass is 10.2. The topological polar surface area (TPSA) is 36.3 Å². The van der Waals surface area contributed by atoms with Crippen LogP contribution in [-0.4, -0.2) is 22.8 Å². The maximum Gasteiger partial charge on any atom is 0.179 e. The van der Waals surface area contributed by atoms with Crippen LogP contribution in [0.25, 0.3) is 0 Å². The summed E-state index contributed by atoms with van der Waals surface area (Å²) in [6, 6.07) is 3.94. The number of halogens is 1. The Hall–Kier alpha value is -1.33. The molecule has 2 aromatic rings. The third-order valence-corrected chi connectivity index (χ3v) is 4.42. The van der Waals surface area contributed by atoms with E-state index in [0.29, 0.717) is 24.0 Å². The molecule has 0 amide bonds. The number of hydrogen-bond donors (Lipinski definition) is 0. The van der Waals surface area contributed by atoms with Gasteiger partial charge in [0.2, 0.25) is 0 Å². The molecule has 2 heterocycles. The molecule has 0 atom stereocenters. The molecule has 1 aromatic heterocycles. The van der Waals surface area contributed by atoms with Gasteiger partial charge in [-0.1, -0.05) is 23.4 Å². The Bertz CT molecular complexity index is 615. The molecule has 0 saturated carbocycles.